The third-order valence-corrected chi connectivity index (χ3v) is 3.23. The number of aryl methyl sites for hydroxylation is 1. The summed E-state index contributed by atoms with van der Waals surface area (Å²) in [6.45, 7) is 3.52. The van der Waals surface area contributed by atoms with Gasteiger partial charge < -0.3 is 5.32 Å². The molecule has 0 saturated carbocycles. The summed E-state index contributed by atoms with van der Waals surface area (Å²) in [7, 11) is 0. The number of anilines is 1. The zero-order valence-corrected chi connectivity index (χ0v) is 13.0. The highest BCUT2D eigenvalue weighted by molar-refractivity contribution is 7.80. The molecule has 0 aromatic heterocycles. The van der Waals surface area contributed by atoms with E-state index in [1.54, 1.807) is 6.92 Å². The van der Waals surface area contributed by atoms with E-state index in [0.717, 1.165) is 29.4 Å². The molecule has 114 valence electrons. The van der Waals surface area contributed by atoms with Gasteiger partial charge in [0.25, 0.3) is 0 Å². The second-order valence-corrected chi connectivity index (χ2v) is 5.11. The first kappa shape index (κ1) is 16.0. The Morgan fingerprint density at radius 1 is 1.14 bits per heavy atom. The molecule has 2 rings (SSSR count). The molecule has 0 fully saturated rings. The number of nitrogens with one attached hydrogen (secondary N) is 2. The number of hydrogen-bond acceptors (Lipinski definition) is 2. The summed E-state index contributed by atoms with van der Waals surface area (Å²) in [6, 6.07) is 10.8. The van der Waals surface area contributed by atoms with E-state index in [-0.39, 0.29) is 10.7 Å². The molecular formula is C16H15F2N3S. The van der Waals surface area contributed by atoms with Crippen LogP contribution in [0.1, 0.15) is 18.1 Å². The van der Waals surface area contributed by atoms with Crippen LogP contribution in [0.3, 0.4) is 0 Å². The molecule has 0 spiro atoms. The zero-order chi connectivity index (χ0) is 16.1. The van der Waals surface area contributed by atoms with E-state index in [2.05, 4.69) is 15.8 Å². The van der Waals surface area contributed by atoms with Gasteiger partial charge >= 0.3 is 0 Å². The minimum Gasteiger partial charge on any atom is -0.331 e. The first-order chi connectivity index (χ1) is 10.5. The van der Waals surface area contributed by atoms with Crippen LogP contribution < -0.4 is 10.7 Å². The van der Waals surface area contributed by atoms with Crippen LogP contribution in [-0.2, 0) is 0 Å². The van der Waals surface area contributed by atoms with Crippen LogP contribution >= 0.6 is 12.2 Å². The summed E-state index contributed by atoms with van der Waals surface area (Å²) in [5.41, 5.74) is 4.89. The van der Waals surface area contributed by atoms with E-state index >= 15 is 0 Å². The Morgan fingerprint density at radius 2 is 1.86 bits per heavy atom. The van der Waals surface area contributed by atoms with Gasteiger partial charge in [0.15, 0.2) is 5.11 Å². The maximum absolute atomic E-state index is 13.6. The fraction of sp³-hybridized carbons (Fsp3) is 0.125. The van der Waals surface area contributed by atoms with Crippen LogP contribution in [0.5, 0.6) is 0 Å². The van der Waals surface area contributed by atoms with Crippen molar-refractivity contribution < 1.29 is 8.78 Å². The molecule has 0 bridgehead atoms. The number of hydrogen-bond donors (Lipinski definition) is 2. The van der Waals surface area contributed by atoms with Gasteiger partial charge in [0.05, 0.1) is 5.71 Å². The van der Waals surface area contributed by atoms with E-state index < -0.39 is 11.6 Å². The Balaban J connectivity index is 2.06. The van der Waals surface area contributed by atoms with Gasteiger partial charge in [-0.25, -0.2) is 8.78 Å². The number of rotatable bonds is 3. The Bertz CT molecular complexity index is 729. The Labute approximate surface area is 133 Å². The average molecular weight is 319 g/mol. The topological polar surface area (TPSA) is 36.4 Å². The van der Waals surface area contributed by atoms with Gasteiger partial charge in [-0.05, 0) is 55.9 Å². The highest BCUT2D eigenvalue weighted by atomic mass is 32.1. The maximum Gasteiger partial charge on any atom is 0.191 e. The van der Waals surface area contributed by atoms with Crippen molar-refractivity contribution in [2.45, 2.75) is 13.8 Å². The predicted octanol–water partition coefficient (Wildman–Crippen LogP) is 3.98. The SMILES string of the molecule is C/C(=N/NC(=S)Nc1ccccc1C)c1cc(F)ccc1F. The number of thiocarbonyl (C=S) groups is 1. The molecule has 6 heteroatoms. The molecule has 0 radical (unpaired) electrons. The van der Waals surface area contributed by atoms with Gasteiger partial charge in [0, 0.05) is 11.3 Å². The number of hydrazone groups is 1. The Kier molecular flexibility index (Phi) is 5.16. The van der Waals surface area contributed by atoms with Gasteiger partial charge in [-0.15, -0.1) is 0 Å². The summed E-state index contributed by atoms with van der Waals surface area (Å²) in [6.07, 6.45) is 0. The molecule has 0 aliphatic rings. The quantitative estimate of drug-likeness (QED) is 0.510. The number of para-hydroxylation sites is 1. The second kappa shape index (κ2) is 7.09. The van der Waals surface area contributed by atoms with Crippen molar-refractivity contribution in [1.29, 1.82) is 0 Å². The minimum atomic E-state index is -0.540. The van der Waals surface area contributed by atoms with Gasteiger partial charge in [0.2, 0.25) is 0 Å². The smallest absolute Gasteiger partial charge is 0.191 e. The van der Waals surface area contributed by atoms with Crippen LogP contribution in [0.25, 0.3) is 0 Å². The summed E-state index contributed by atoms with van der Waals surface area (Å²) in [5.74, 6) is -1.06. The first-order valence-corrected chi connectivity index (χ1v) is 7.00. The number of nitrogens with zero attached hydrogens (tertiary/aromatic N) is 1. The van der Waals surface area contributed by atoms with Gasteiger partial charge in [0.1, 0.15) is 11.6 Å². The summed E-state index contributed by atoms with van der Waals surface area (Å²) < 4.78 is 26.8. The molecule has 0 aliphatic heterocycles. The van der Waals surface area contributed by atoms with Gasteiger partial charge in [-0.3, -0.25) is 5.43 Å². The lowest BCUT2D eigenvalue weighted by Crippen LogP contribution is -2.25. The van der Waals surface area contributed by atoms with E-state index in [1.807, 2.05) is 31.2 Å². The predicted molar refractivity (Wildman–Crippen MR) is 89.1 cm³/mol. The maximum atomic E-state index is 13.6. The Hall–Kier alpha value is -2.34. The molecular weight excluding hydrogens is 304 g/mol. The molecule has 0 heterocycles. The molecule has 3 nitrogen and oxygen atoms in total. The van der Waals surface area contributed by atoms with E-state index in [1.165, 1.54) is 0 Å². The normalized spacial score (nSPS) is 11.2. The highest BCUT2D eigenvalue weighted by Gasteiger charge is 2.07. The van der Waals surface area contributed by atoms with Crippen molar-refractivity contribution in [2.75, 3.05) is 5.32 Å². The molecule has 22 heavy (non-hydrogen) atoms. The van der Waals surface area contributed by atoms with E-state index in [9.17, 15) is 8.78 Å². The Morgan fingerprint density at radius 3 is 2.59 bits per heavy atom. The van der Waals surface area contributed by atoms with Crippen molar-refractivity contribution in [3.8, 4) is 0 Å². The third kappa shape index (κ3) is 4.08. The van der Waals surface area contributed by atoms with Crippen molar-refractivity contribution in [3.05, 3.63) is 65.2 Å². The largest absolute Gasteiger partial charge is 0.331 e. The van der Waals surface area contributed by atoms with Gasteiger partial charge in [-0.2, -0.15) is 5.10 Å². The van der Waals surface area contributed by atoms with Crippen molar-refractivity contribution in [3.63, 3.8) is 0 Å². The van der Waals surface area contributed by atoms with Gasteiger partial charge in [-0.1, -0.05) is 18.2 Å². The molecule has 2 N–H and O–H groups in total. The standard InChI is InChI=1S/C16H15F2N3S/c1-10-5-3-4-6-15(10)19-16(22)21-20-11(2)13-9-12(17)7-8-14(13)18/h3-9H,1-2H3,(H2,19,21,22)/b20-11-. The molecule has 2 aromatic rings. The van der Waals surface area contributed by atoms with Crippen molar-refractivity contribution in [2.24, 2.45) is 5.10 Å². The fourth-order valence-electron chi connectivity index (χ4n) is 1.83. The monoisotopic (exact) mass is 319 g/mol. The second-order valence-electron chi connectivity index (χ2n) is 4.70. The minimum absolute atomic E-state index is 0.0891. The third-order valence-electron chi connectivity index (χ3n) is 3.04. The molecule has 2 aromatic carbocycles. The van der Waals surface area contributed by atoms with Crippen LogP contribution in [0.4, 0.5) is 14.5 Å². The molecule has 0 saturated heterocycles. The van der Waals surface area contributed by atoms with Crippen molar-refractivity contribution in [1.82, 2.24) is 5.43 Å². The first-order valence-electron chi connectivity index (χ1n) is 6.59. The average Bonchev–Trinajstić information content (AvgIpc) is 2.49. The van der Waals surface area contributed by atoms with Crippen LogP contribution in [0, 0.1) is 18.6 Å². The molecule has 0 amide bonds. The van der Waals surface area contributed by atoms with Crippen molar-refractivity contribution >= 4 is 28.7 Å². The highest BCUT2D eigenvalue weighted by Crippen LogP contribution is 2.13. The lowest BCUT2D eigenvalue weighted by Gasteiger charge is -2.10. The summed E-state index contributed by atoms with van der Waals surface area (Å²) in [4.78, 5) is 0. The van der Waals surface area contributed by atoms with E-state index in [4.69, 9.17) is 12.2 Å². The molecule has 0 unspecified atom stereocenters. The van der Waals surface area contributed by atoms with Crippen LogP contribution in [0.15, 0.2) is 47.6 Å². The number of halogens is 2. The van der Waals surface area contributed by atoms with Crippen LogP contribution in [-0.4, -0.2) is 10.8 Å². The fourth-order valence-corrected chi connectivity index (χ4v) is 1.99. The zero-order valence-electron chi connectivity index (χ0n) is 12.2. The number of benzene rings is 2. The summed E-state index contributed by atoms with van der Waals surface area (Å²) >= 11 is 5.13. The molecule has 0 atom stereocenters. The lowest BCUT2D eigenvalue weighted by molar-refractivity contribution is 0.598. The molecule has 0 aliphatic carbocycles. The summed E-state index contributed by atoms with van der Waals surface area (Å²) in [5, 5.41) is 7.24. The lowest BCUT2D eigenvalue weighted by atomic mass is 10.1. The van der Waals surface area contributed by atoms with Crippen LogP contribution in [0.2, 0.25) is 0 Å². The van der Waals surface area contributed by atoms with E-state index in [0.29, 0.717) is 5.71 Å².